The molecule has 0 unspecified atom stereocenters. The Hall–Kier alpha value is -2.23. The fourth-order valence-corrected chi connectivity index (χ4v) is 6.47. The van der Waals surface area contributed by atoms with E-state index in [0.717, 1.165) is 43.6 Å². The van der Waals surface area contributed by atoms with Crippen LogP contribution >= 0.6 is 23.2 Å². The summed E-state index contributed by atoms with van der Waals surface area (Å²) in [6.45, 7) is 4.49. The summed E-state index contributed by atoms with van der Waals surface area (Å²) in [5, 5.41) is 7.50. The Kier molecular flexibility index (Phi) is 11.2. The zero-order chi connectivity index (χ0) is 28.5. The smallest absolute Gasteiger partial charge is 0.245 e. The summed E-state index contributed by atoms with van der Waals surface area (Å²) in [4.78, 5) is 30.5. The molecule has 218 valence electrons. The van der Waals surface area contributed by atoms with Crippen LogP contribution in [0.15, 0.2) is 42.5 Å². The number of nitrogens with two attached hydrogens (primary N) is 1. The lowest BCUT2D eigenvalue weighted by atomic mass is 9.79. The van der Waals surface area contributed by atoms with Gasteiger partial charge in [0.2, 0.25) is 11.8 Å². The van der Waals surface area contributed by atoms with Crippen molar-refractivity contribution in [3.05, 3.63) is 69.5 Å². The van der Waals surface area contributed by atoms with Crippen LogP contribution in [-0.2, 0) is 22.6 Å². The summed E-state index contributed by atoms with van der Waals surface area (Å²) in [7, 11) is 0. The molecule has 40 heavy (non-hydrogen) atoms. The van der Waals surface area contributed by atoms with Gasteiger partial charge >= 0.3 is 0 Å². The maximum atomic E-state index is 13.7. The molecule has 10 heteroatoms. The van der Waals surface area contributed by atoms with E-state index in [-0.39, 0.29) is 42.6 Å². The molecule has 4 N–H and O–H groups in total. The first kappa shape index (κ1) is 30.7. The third-order valence-corrected chi connectivity index (χ3v) is 8.77. The number of hydrogen-bond donors (Lipinski definition) is 3. The van der Waals surface area contributed by atoms with Crippen molar-refractivity contribution in [2.75, 3.05) is 39.3 Å². The lowest BCUT2D eigenvalue weighted by Crippen LogP contribution is -2.63. The number of piperazine rings is 1. The predicted molar refractivity (Wildman–Crippen MR) is 158 cm³/mol. The monoisotopic (exact) mass is 591 g/mol. The van der Waals surface area contributed by atoms with Gasteiger partial charge in [0.1, 0.15) is 11.9 Å². The van der Waals surface area contributed by atoms with Gasteiger partial charge in [-0.05, 0) is 48.2 Å². The minimum absolute atomic E-state index is 0.0407. The molecule has 0 spiro atoms. The molecule has 1 heterocycles. The van der Waals surface area contributed by atoms with Crippen molar-refractivity contribution in [3.63, 3.8) is 0 Å². The van der Waals surface area contributed by atoms with E-state index in [9.17, 15) is 14.0 Å². The van der Waals surface area contributed by atoms with Crippen LogP contribution in [0.4, 0.5) is 4.39 Å². The summed E-state index contributed by atoms with van der Waals surface area (Å²) in [6.07, 6.45) is 6.29. The van der Waals surface area contributed by atoms with Gasteiger partial charge in [-0.25, -0.2) is 4.39 Å². The van der Waals surface area contributed by atoms with E-state index in [1.807, 2.05) is 17.0 Å². The van der Waals surface area contributed by atoms with Crippen molar-refractivity contribution in [1.29, 1.82) is 0 Å². The van der Waals surface area contributed by atoms with Crippen molar-refractivity contribution in [1.82, 2.24) is 20.4 Å². The SMILES string of the molecule is NCCC(=O)N[C@H](Cc1ccc(Cl)cc1Cl)C(=O)N1CCN(C2(CNCc3ccc(F)cc3)CCCCC2)CC1. The number of nitrogens with zero attached hydrogens (tertiary/aromatic N) is 2. The van der Waals surface area contributed by atoms with Gasteiger partial charge in [0.15, 0.2) is 0 Å². The summed E-state index contributed by atoms with van der Waals surface area (Å²) in [6, 6.07) is 11.1. The fourth-order valence-electron chi connectivity index (χ4n) is 5.98. The van der Waals surface area contributed by atoms with Gasteiger partial charge in [0, 0.05) is 74.2 Å². The molecule has 1 atom stereocenters. The largest absolute Gasteiger partial charge is 0.344 e. The quantitative estimate of drug-likeness (QED) is 0.365. The zero-order valence-electron chi connectivity index (χ0n) is 22.9. The average molecular weight is 593 g/mol. The Bertz CT molecular complexity index is 1140. The Morgan fingerprint density at radius 3 is 2.35 bits per heavy atom. The molecule has 1 aliphatic heterocycles. The predicted octanol–water partition coefficient (Wildman–Crippen LogP) is 4.15. The van der Waals surface area contributed by atoms with Crippen LogP contribution in [0.5, 0.6) is 0 Å². The topological polar surface area (TPSA) is 90.7 Å². The molecule has 2 aromatic rings. The maximum Gasteiger partial charge on any atom is 0.245 e. The van der Waals surface area contributed by atoms with Gasteiger partial charge in [-0.1, -0.05) is 60.7 Å². The molecule has 0 radical (unpaired) electrons. The molecular weight excluding hydrogens is 552 g/mol. The summed E-state index contributed by atoms with van der Waals surface area (Å²) in [5.74, 6) is -0.585. The van der Waals surface area contributed by atoms with Crippen molar-refractivity contribution < 1.29 is 14.0 Å². The Balaban J connectivity index is 1.39. The van der Waals surface area contributed by atoms with Gasteiger partial charge in [0.25, 0.3) is 0 Å². The van der Waals surface area contributed by atoms with E-state index < -0.39 is 6.04 Å². The van der Waals surface area contributed by atoms with Crippen molar-refractivity contribution in [3.8, 4) is 0 Å². The highest BCUT2D eigenvalue weighted by Crippen LogP contribution is 2.34. The second-order valence-electron chi connectivity index (χ2n) is 10.9. The zero-order valence-corrected chi connectivity index (χ0v) is 24.5. The van der Waals surface area contributed by atoms with Gasteiger partial charge in [-0.3, -0.25) is 14.5 Å². The van der Waals surface area contributed by atoms with E-state index in [4.69, 9.17) is 28.9 Å². The van der Waals surface area contributed by atoms with E-state index in [1.165, 1.54) is 31.4 Å². The maximum absolute atomic E-state index is 13.7. The lowest BCUT2D eigenvalue weighted by Gasteiger charge is -2.50. The van der Waals surface area contributed by atoms with Crippen molar-refractivity contribution >= 4 is 35.0 Å². The lowest BCUT2D eigenvalue weighted by molar-refractivity contribution is -0.139. The summed E-state index contributed by atoms with van der Waals surface area (Å²) < 4.78 is 13.3. The molecule has 7 nitrogen and oxygen atoms in total. The molecule has 2 amide bonds. The van der Waals surface area contributed by atoms with E-state index in [2.05, 4.69) is 15.5 Å². The number of amides is 2. The van der Waals surface area contributed by atoms with Crippen LogP contribution in [-0.4, -0.2) is 72.5 Å². The first-order valence-corrected chi connectivity index (χ1v) is 15.0. The number of carbonyl (C=O) groups excluding carboxylic acids is 2. The normalized spacial score (nSPS) is 18.4. The number of hydrogen-bond acceptors (Lipinski definition) is 5. The number of rotatable bonds is 11. The second-order valence-corrected chi connectivity index (χ2v) is 11.8. The third-order valence-electron chi connectivity index (χ3n) is 8.19. The molecule has 4 rings (SSSR count). The average Bonchev–Trinajstić information content (AvgIpc) is 2.95. The molecule has 0 bridgehead atoms. The summed E-state index contributed by atoms with van der Waals surface area (Å²) in [5.41, 5.74) is 7.43. The number of nitrogens with one attached hydrogen (secondary N) is 2. The van der Waals surface area contributed by atoms with Crippen LogP contribution < -0.4 is 16.4 Å². The molecule has 1 aliphatic carbocycles. The third kappa shape index (κ3) is 8.17. The van der Waals surface area contributed by atoms with Crippen LogP contribution in [0.3, 0.4) is 0 Å². The molecule has 1 saturated heterocycles. The summed E-state index contributed by atoms with van der Waals surface area (Å²) >= 11 is 12.5. The Labute approximate surface area is 246 Å². The van der Waals surface area contributed by atoms with Crippen molar-refractivity contribution in [2.45, 2.75) is 63.1 Å². The molecule has 1 saturated carbocycles. The van der Waals surface area contributed by atoms with Gasteiger partial charge in [-0.2, -0.15) is 0 Å². The van der Waals surface area contributed by atoms with Crippen LogP contribution in [0, 0.1) is 5.82 Å². The second kappa shape index (κ2) is 14.6. The standard InChI is InChI=1S/C30H40Cl2FN5O2/c31-24-7-6-23(26(32)19-24)18-27(36-28(39)10-13-34)29(40)37-14-16-38(17-15-37)30(11-2-1-3-12-30)21-35-20-22-4-8-25(33)9-5-22/h4-9,19,27,35H,1-3,10-18,20-21,34H2,(H,36,39)/t27-/m1/s1. The van der Waals surface area contributed by atoms with E-state index in [1.54, 1.807) is 18.2 Å². The minimum Gasteiger partial charge on any atom is -0.344 e. The van der Waals surface area contributed by atoms with Gasteiger partial charge in [0.05, 0.1) is 0 Å². The van der Waals surface area contributed by atoms with Gasteiger partial charge in [-0.15, -0.1) is 0 Å². The highest BCUT2D eigenvalue weighted by atomic mass is 35.5. The highest BCUT2D eigenvalue weighted by molar-refractivity contribution is 6.35. The van der Waals surface area contributed by atoms with Crippen LogP contribution in [0.2, 0.25) is 10.0 Å². The Morgan fingerprint density at radius 1 is 1.00 bits per heavy atom. The number of halogens is 3. The molecular formula is C30H40Cl2FN5O2. The van der Waals surface area contributed by atoms with E-state index in [0.29, 0.717) is 29.7 Å². The highest BCUT2D eigenvalue weighted by Gasteiger charge is 2.40. The molecule has 2 aromatic carbocycles. The van der Waals surface area contributed by atoms with E-state index >= 15 is 0 Å². The first-order valence-electron chi connectivity index (χ1n) is 14.2. The van der Waals surface area contributed by atoms with Crippen LogP contribution in [0.25, 0.3) is 0 Å². The molecule has 2 fully saturated rings. The Morgan fingerprint density at radius 2 is 1.70 bits per heavy atom. The van der Waals surface area contributed by atoms with Crippen molar-refractivity contribution in [2.24, 2.45) is 5.73 Å². The molecule has 2 aliphatic rings. The van der Waals surface area contributed by atoms with Gasteiger partial charge < -0.3 is 21.3 Å². The molecule has 0 aromatic heterocycles. The first-order chi connectivity index (χ1) is 19.3. The number of benzene rings is 2. The minimum atomic E-state index is -0.731. The van der Waals surface area contributed by atoms with Crippen LogP contribution in [0.1, 0.15) is 49.7 Å². The number of carbonyl (C=O) groups is 2. The fraction of sp³-hybridized carbons (Fsp3) is 0.533.